The highest BCUT2D eigenvalue weighted by molar-refractivity contribution is 7.99. The molecule has 0 atom stereocenters. The smallest absolute Gasteiger partial charge is 0.127 e. The Morgan fingerprint density at radius 3 is 2.86 bits per heavy atom. The van der Waals surface area contributed by atoms with Crippen LogP contribution in [0.4, 0.5) is 5.82 Å². The molecule has 0 spiro atoms. The molecule has 0 saturated carbocycles. The highest BCUT2D eigenvalue weighted by atomic mass is 32.2. The molecule has 1 aromatic heterocycles. The van der Waals surface area contributed by atoms with Gasteiger partial charge in [-0.3, -0.25) is 0 Å². The molecule has 1 aromatic carbocycles. The van der Waals surface area contributed by atoms with Crippen LogP contribution >= 0.6 is 24.0 Å². The summed E-state index contributed by atoms with van der Waals surface area (Å²) >= 11 is 7.23. The average molecular weight is 317 g/mol. The third-order valence-electron chi connectivity index (χ3n) is 3.89. The molecule has 3 nitrogen and oxygen atoms in total. The van der Waals surface area contributed by atoms with E-state index in [2.05, 4.69) is 22.1 Å². The lowest BCUT2D eigenvalue weighted by Crippen LogP contribution is -2.20. The van der Waals surface area contributed by atoms with Crippen LogP contribution in [0, 0.1) is 5.92 Å². The van der Waals surface area contributed by atoms with Crippen molar-refractivity contribution >= 4 is 45.7 Å². The van der Waals surface area contributed by atoms with Crippen molar-refractivity contribution in [1.29, 1.82) is 0 Å². The van der Waals surface area contributed by atoms with Crippen molar-refractivity contribution in [3.05, 3.63) is 35.9 Å². The molecular weight excluding hydrogens is 298 g/mol. The van der Waals surface area contributed by atoms with Gasteiger partial charge >= 0.3 is 0 Å². The first-order valence-corrected chi connectivity index (χ1v) is 8.81. The van der Waals surface area contributed by atoms with Crippen LogP contribution in [0.25, 0.3) is 10.9 Å². The zero-order valence-corrected chi connectivity index (χ0v) is 13.5. The fraction of sp³-hybridized carbons (Fsp3) is 0.375. The molecule has 1 aliphatic heterocycles. The van der Waals surface area contributed by atoms with Crippen LogP contribution in [0.15, 0.2) is 30.3 Å². The fourth-order valence-corrected chi connectivity index (χ4v) is 4.04. The summed E-state index contributed by atoms with van der Waals surface area (Å²) in [5.74, 6) is 4.16. The molecule has 0 radical (unpaired) electrons. The van der Waals surface area contributed by atoms with Crippen molar-refractivity contribution in [3.63, 3.8) is 0 Å². The van der Waals surface area contributed by atoms with Gasteiger partial charge in [-0.2, -0.15) is 11.8 Å². The van der Waals surface area contributed by atoms with Crippen LogP contribution in [0.3, 0.4) is 0 Å². The van der Waals surface area contributed by atoms with Crippen LogP contribution in [-0.2, 0) is 0 Å². The Labute approximate surface area is 134 Å². The number of hydrogen-bond donors (Lipinski definition) is 2. The van der Waals surface area contributed by atoms with Crippen molar-refractivity contribution in [1.82, 2.24) is 4.98 Å². The number of hydrogen-bond acceptors (Lipinski definition) is 4. The number of fused-ring (bicyclic) bond motifs is 1. The molecule has 21 heavy (non-hydrogen) atoms. The van der Waals surface area contributed by atoms with E-state index < -0.39 is 0 Å². The molecule has 0 amide bonds. The van der Waals surface area contributed by atoms with Crippen LogP contribution in [0.5, 0.6) is 0 Å². The van der Waals surface area contributed by atoms with Gasteiger partial charge in [0.15, 0.2) is 0 Å². The summed E-state index contributed by atoms with van der Waals surface area (Å²) in [6.07, 6.45) is 2.57. The first kappa shape index (κ1) is 14.6. The maximum absolute atomic E-state index is 5.86. The van der Waals surface area contributed by atoms with Gasteiger partial charge in [0.05, 0.1) is 5.52 Å². The highest BCUT2D eigenvalue weighted by Crippen LogP contribution is 2.24. The lowest BCUT2D eigenvalue weighted by molar-refractivity contribution is 0.515. The van der Waals surface area contributed by atoms with Gasteiger partial charge in [-0.05, 0) is 42.4 Å². The Hall–Kier alpha value is -1.33. The number of rotatable bonds is 4. The second kappa shape index (κ2) is 6.62. The fourth-order valence-electron chi connectivity index (χ4n) is 2.67. The third kappa shape index (κ3) is 3.47. The van der Waals surface area contributed by atoms with E-state index in [1.165, 1.54) is 24.3 Å². The normalized spacial score (nSPS) is 16.0. The van der Waals surface area contributed by atoms with E-state index in [4.69, 9.17) is 18.0 Å². The monoisotopic (exact) mass is 317 g/mol. The Balaban J connectivity index is 1.83. The molecule has 2 heterocycles. The highest BCUT2D eigenvalue weighted by Gasteiger charge is 2.14. The molecular formula is C16H19N3S2. The first-order valence-electron chi connectivity index (χ1n) is 7.25. The van der Waals surface area contributed by atoms with Gasteiger partial charge in [0.2, 0.25) is 0 Å². The summed E-state index contributed by atoms with van der Waals surface area (Å²) in [5.41, 5.74) is 7.70. The summed E-state index contributed by atoms with van der Waals surface area (Å²) in [7, 11) is 0. The molecule has 2 aromatic rings. The standard InChI is InChI=1S/C16H19N3S2/c17-16(20)13-9-15(18-10-11-5-7-21-8-6-11)19-14-4-2-1-3-12(13)14/h1-4,9,11H,5-8,10H2,(H2,17,20)(H,18,19). The van der Waals surface area contributed by atoms with E-state index in [0.29, 0.717) is 4.99 Å². The maximum atomic E-state index is 5.86. The second-order valence-electron chi connectivity index (χ2n) is 5.37. The minimum absolute atomic E-state index is 0.422. The third-order valence-corrected chi connectivity index (χ3v) is 5.16. The first-order chi connectivity index (χ1) is 10.2. The zero-order chi connectivity index (χ0) is 14.7. The Bertz CT molecular complexity index is 651. The Kier molecular flexibility index (Phi) is 4.60. The van der Waals surface area contributed by atoms with E-state index in [-0.39, 0.29) is 0 Å². The molecule has 5 heteroatoms. The number of nitrogens with one attached hydrogen (secondary N) is 1. The second-order valence-corrected chi connectivity index (χ2v) is 7.04. The van der Waals surface area contributed by atoms with Gasteiger partial charge < -0.3 is 11.1 Å². The number of pyridine rings is 1. The van der Waals surface area contributed by atoms with Gasteiger partial charge in [-0.25, -0.2) is 4.98 Å². The van der Waals surface area contributed by atoms with Crippen molar-refractivity contribution in [2.24, 2.45) is 11.7 Å². The van der Waals surface area contributed by atoms with Crippen LogP contribution in [0.2, 0.25) is 0 Å². The lowest BCUT2D eigenvalue weighted by Gasteiger charge is -2.22. The number of thiocarbonyl (C=S) groups is 1. The van der Waals surface area contributed by atoms with E-state index in [1.807, 2.05) is 30.3 Å². The number of para-hydroxylation sites is 1. The van der Waals surface area contributed by atoms with Gasteiger partial charge in [0.1, 0.15) is 10.8 Å². The Morgan fingerprint density at radius 2 is 2.10 bits per heavy atom. The average Bonchev–Trinajstić information content (AvgIpc) is 2.53. The van der Waals surface area contributed by atoms with Crippen molar-refractivity contribution < 1.29 is 0 Å². The molecule has 1 fully saturated rings. The van der Waals surface area contributed by atoms with Gasteiger partial charge in [0.25, 0.3) is 0 Å². The zero-order valence-electron chi connectivity index (χ0n) is 11.8. The van der Waals surface area contributed by atoms with E-state index >= 15 is 0 Å². The van der Waals surface area contributed by atoms with Crippen molar-refractivity contribution in [3.8, 4) is 0 Å². The molecule has 3 rings (SSSR count). The number of anilines is 1. The molecule has 0 bridgehead atoms. The number of aromatic nitrogens is 1. The topological polar surface area (TPSA) is 50.9 Å². The van der Waals surface area contributed by atoms with E-state index in [1.54, 1.807) is 0 Å². The maximum Gasteiger partial charge on any atom is 0.127 e. The van der Waals surface area contributed by atoms with Crippen LogP contribution in [-0.4, -0.2) is 28.0 Å². The van der Waals surface area contributed by atoms with Crippen molar-refractivity contribution in [2.45, 2.75) is 12.8 Å². The molecule has 110 valence electrons. The summed E-state index contributed by atoms with van der Waals surface area (Å²) in [6.45, 7) is 0.975. The Morgan fingerprint density at radius 1 is 1.33 bits per heavy atom. The molecule has 1 aliphatic rings. The number of nitrogens with zero attached hydrogens (tertiary/aromatic N) is 1. The number of nitrogens with two attached hydrogens (primary N) is 1. The van der Waals surface area contributed by atoms with E-state index in [0.717, 1.165) is 34.7 Å². The molecule has 1 saturated heterocycles. The van der Waals surface area contributed by atoms with Crippen LogP contribution < -0.4 is 11.1 Å². The molecule has 3 N–H and O–H groups in total. The summed E-state index contributed by atoms with van der Waals surface area (Å²) in [4.78, 5) is 5.09. The largest absolute Gasteiger partial charge is 0.389 e. The number of thioether (sulfide) groups is 1. The van der Waals surface area contributed by atoms with Crippen LogP contribution in [0.1, 0.15) is 18.4 Å². The quantitative estimate of drug-likeness (QED) is 0.846. The summed E-state index contributed by atoms with van der Waals surface area (Å²) < 4.78 is 0. The SMILES string of the molecule is NC(=S)c1cc(NCC2CCSCC2)nc2ccccc12. The molecule has 0 aliphatic carbocycles. The minimum atomic E-state index is 0.422. The molecule has 0 unspecified atom stereocenters. The summed E-state index contributed by atoms with van der Waals surface area (Å²) in [6, 6.07) is 9.96. The van der Waals surface area contributed by atoms with Gasteiger partial charge in [0, 0.05) is 17.5 Å². The summed E-state index contributed by atoms with van der Waals surface area (Å²) in [5, 5.41) is 4.48. The number of benzene rings is 1. The predicted molar refractivity (Wildman–Crippen MR) is 96.2 cm³/mol. The van der Waals surface area contributed by atoms with Crippen molar-refractivity contribution in [2.75, 3.05) is 23.4 Å². The van der Waals surface area contributed by atoms with Gasteiger partial charge in [-0.1, -0.05) is 30.4 Å². The van der Waals surface area contributed by atoms with Gasteiger partial charge in [-0.15, -0.1) is 0 Å². The predicted octanol–water partition coefficient (Wildman–Crippen LogP) is 3.42. The minimum Gasteiger partial charge on any atom is -0.389 e. The lowest BCUT2D eigenvalue weighted by atomic mass is 10.0. The van der Waals surface area contributed by atoms with E-state index in [9.17, 15) is 0 Å².